The molecule has 0 amide bonds. The summed E-state index contributed by atoms with van der Waals surface area (Å²) in [6.07, 6.45) is 10.3. The summed E-state index contributed by atoms with van der Waals surface area (Å²) in [7, 11) is 1.98. The summed E-state index contributed by atoms with van der Waals surface area (Å²) >= 11 is 0. The molecule has 5 nitrogen and oxygen atoms in total. The van der Waals surface area contributed by atoms with E-state index in [1.54, 1.807) is 0 Å². The lowest BCUT2D eigenvalue weighted by Gasteiger charge is -2.24. The number of rotatable bonds is 7. The van der Waals surface area contributed by atoms with E-state index in [-0.39, 0.29) is 0 Å². The van der Waals surface area contributed by atoms with Gasteiger partial charge in [-0.15, -0.1) is 0 Å². The molecule has 1 saturated heterocycles. The van der Waals surface area contributed by atoms with Gasteiger partial charge in [-0.1, -0.05) is 0 Å². The standard InChI is InChI=1S/C14H26N4O/c1-18-13(9-10-16-18)7-5-12(17-15)6-8-14-4-2-3-11-19-14/h9-10,12,14,17H,2-8,11,15H2,1H3. The second kappa shape index (κ2) is 7.62. The van der Waals surface area contributed by atoms with Gasteiger partial charge in [-0.2, -0.15) is 5.10 Å². The van der Waals surface area contributed by atoms with Crippen LogP contribution >= 0.6 is 0 Å². The van der Waals surface area contributed by atoms with Crippen LogP contribution < -0.4 is 11.3 Å². The van der Waals surface area contributed by atoms with Gasteiger partial charge in [0.05, 0.1) is 6.10 Å². The number of nitrogens with two attached hydrogens (primary N) is 1. The first-order chi connectivity index (χ1) is 9.29. The molecule has 0 saturated carbocycles. The van der Waals surface area contributed by atoms with Crippen molar-refractivity contribution in [2.75, 3.05) is 6.61 Å². The number of hydrazine groups is 1. The van der Waals surface area contributed by atoms with Gasteiger partial charge >= 0.3 is 0 Å². The Morgan fingerprint density at radius 3 is 3.05 bits per heavy atom. The summed E-state index contributed by atoms with van der Waals surface area (Å²) in [5.41, 5.74) is 4.20. The lowest BCUT2D eigenvalue weighted by atomic mass is 9.99. The van der Waals surface area contributed by atoms with Crippen LogP contribution in [0.15, 0.2) is 12.3 Å². The van der Waals surface area contributed by atoms with E-state index in [4.69, 9.17) is 10.6 Å². The highest BCUT2D eigenvalue weighted by molar-refractivity contribution is 5.00. The minimum absolute atomic E-state index is 0.362. The normalized spacial score (nSPS) is 21.5. The van der Waals surface area contributed by atoms with E-state index in [2.05, 4.69) is 16.6 Å². The second-order valence-electron chi connectivity index (χ2n) is 5.41. The zero-order chi connectivity index (χ0) is 13.5. The highest BCUT2D eigenvalue weighted by atomic mass is 16.5. The van der Waals surface area contributed by atoms with Crippen molar-refractivity contribution in [1.82, 2.24) is 15.2 Å². The largest absolute Gasteiger partial charge is 0.378 e. The van der Waals surface area contributed by atoms with Crippen LogP contribution in [0.5, 0.6) is 0 Å². The lowest BCUT2D eigenvalue weighted by molar-refractivity contribution is 0.00844. The predicted octanol–water partition coefficient (Wildman–Crippen LogP) is 1.53. The SMILES string of the molecule is Cn1nccc1CCC(CCC1CCCCO1)NN. The van der Waals surface area contributed by atoms with Gasteiger partial charge in [0.15, 0.2) is 0 Å². The van der Waals surface area contributed by atoms with Crippen LogP contribution in [0.3, 0.4) is 0 Å². The van der Waals surface area contributed by atoms with Gasteiger partial charge in [0.1, 0.15) is 0 Å². The van der Waals surface area contributed by atoms with Crippen molar-refractivity contribution in [2.24, 2.45) is 12.9 Å². The van der Waals surface area contributed by atoms with Crippen molar-refractivity contribution in [3.8, 4) is 0 Å². The van der Waals surface area contributed by atoms with Gasteiger partial charge in [-0.3, -0.25) is 16.0 Å². The Hall–Kier alpha value is -0.910. The highest BCUT2D eigenvalue weighted by Gasteiger charge is 2.16. The number of ether oxygens (including phenoxy) is 1. The number of aromatic nitrogens is 2. The number of aryl methyl sites for hydroxylation is 2. The minimum atomic E-state index is 0.362. The first-order valence-electron chi connectivity index (χ1n) is 7.34. The fourth-order valence-corrected chi connectivity index (χ4v) is 2.70. The Bertz CT molecular complexity index is 360. The van der Waals surface area contributed by atoms with Crippen molar-refractivity contribution in [1.29, 1.82) is 0 Å². The maximum absolute atomic E-state index is 5.76. The molecule has 0 aliphatic carbocycles. The number of nitrogens with zero attached hydrogens (tertiary/aromatic N) is 2. The fourth-order valence-electron chi connectivity index (χ4n) is 2.70. The molecule has 0 aromatic carbocycles. The topological polar surface area (TPSA) is 65.1 Å². The third-order valence-corrected chi connectivity index (χ3v) is 4.02. The molecule has 108 valence electrons. The van der Waals surface area contributed by atoms with Crippen molar-refractivity contribution < 1.29 is 4.74 Å². The Kier molecular flexibility index (Phi) is 5.82. The van der Waals surface area contributed by atoms with Gasteiger partial charge in [0, 0.05) is 31.6 Å². The summed E-state index contributed by atoms with van der Waals surface area (Å²) in [5.74, 6) is 5.65. The Morgan fingerprint density at radius 2 is 2.42 bits per heavy atom. The fraction of sp³-hybridized carbons (Fsp3) is 0.786. The van der Waals surface area contributed by atoms with E-state index in [0.717, 1.165) is 32.3 Å². The van der Waals surface area contributed by atoms with Gasteiger partial charge in [-0.25, -0.2) is 0 Å². The van der Waals surface area contributed by atoms with Gasteiger partial charge in [-0.05, 0) is 51.0 Å². The molecule has 2 rings (SSSR count). The molecule has 1 aliphatic heterocycles. The molecule has 1 aliphatic rings. The second-order valence-corrected chi connectivity index (χ2v) is 5.41. The van der Waals surface area contributed by atoms with Gasteiger partial charge in [0.2, 0.25) is 0 Å². The minimum Gasteiger partial charge on any atom is -0.378 e. The highest BCUT2D eigenvalue weighted by Crippen LogP contribution is 2.18. The molecule has 2 unspecified atom stereocenters. The first kappa shape index (κ1) is 14.5. The van der Waals surface area contributed by atoms with Crippen LogP contribution in [0.2, 0.25) is 0 Å². The smallest absolute Gasteiger partial charge is 0.0575 e. The van der Waals surface area contributed by atoms with Crippen LogP contribution in [0.25, 0.3) is 0 Å². The maximum Gasteiger partial charge on any atom is 0.0575 e. The average molecular weight is 266 g/mol. The molecule has 3 N–H and O–H groups in total. The lowest BCUT2D eigenvalue weighted by Crippen LogP contribution is -2.36. The predicted molar refractivity (Wildman–Crippen MR) is 75.5 cm³/mol. The van der Waals surface area contributed by atoms with E-state index >= 15 is 0 Å². The van der Waals surface area contributed by atoms with Crippen LogP contribution in [-0.2, 0) is 18.2 Å². The molecular formula is C14H26N4O. The summed E-state index contributed by atoms with van der Waals surface area (Å²) in [6.45, 7) is 0.931. The average Bonchev–Trinajstić information content (AvgIpc) is 2.86. The number of hydrogen-bond donors (Lipinski definition) is 2. The third kappa shape index (κ3) is 4.60. The zero-order valence-electron chi connectivity index (χ0n) is 11.8. The van der Waals surface area contributed by atoms with Crippen LogP contribution in [0.4, 0.5) is 0 Å². The summed E-state index contributed by atoms with van der Waals surface area (Å²) in [6, 6.07) is 2.43. The van der Waals surface area contributed by atoms with Crippen molar-refractivity contribution in [3.63, 3.8) is 0 Å². The van der Waals surface area contributed by atoms with Crippen molar-refractivity contribution in [2.45, 2.75) is 57.1 Å². The molecule has 2 heterocycles. The molecule has 5 heteroatoms. The van der Waals surface area contributed by atoms with E-state index in [1.807, 2.05) is 17.9 Å². The summed E-state index contributed by atoms with van der Waals surface area (Å²) < 4.78 is 7.69. The molecule has 1 fully saturated rings. The van der Waals surface area contributed by atoms with Crippen molar-refractivity contribution >= 4 is 0 Å². The van der Waals surface area contributed by atoms with Crippen LogP contribution in [-0.4, -0.2) is 28.5 Å². The molecule has 0 spiro atoms. The molecule has 1 aromatic rings. The zero-order valence-corrected chi connectivity index (χ0v) is 11.8. The van der Waals surface area contributed by atoms with E-state index < -0.39 is 0 Å². The monoisotopic (exact) mass is 266 g/mol. The number of hydrogen-bond acceptors (Lipinski definition) is 4. The van der Waals surface area contributed by atoms with Gasteiger partial charge in [0.25, 0.3) is 0 Å². The Balaban J connectivity index is 1.69. The van der Waals surface area contributed by atoms with E-state index in [0.29, 0.717) is 12.1 Å². The number of nitrogens with one attached hydrogen (secondary N) is 1. The molecule has 2 atom stereocenters. The Labute approximate surface area is 115 Å². The third-order valence-electron chi connectivity index (χ3n) is 4.02. The summed E-state index contributed by atoms with van der Waals surface area (Å²) in [5, 5.41) is 4.18. The van der Waals surface area contributed by atoms with Gasteiger partial charge < -0.3 is 4.74 Å². The molecule has 1 aromatic heterocycles. The van der Waals surface area contributed by atoms with Crippen LogP contribution in [0, 0.1) is 0 Å². The van der Waals surface area contributed by atoms with Crippen LogP contribution in [0.1, 0.15) is 44.2 Å². The maximum atomic E-state index is 5.76. The summed E-state index contributed by atoms with van der Waals surface area (Å²) in [4.78, 5) is 0. The quantitative estimate of drug-likeness (QED) is 0.580. The van der Waals surface area contributed by atoms with E-state index in [9.17, 15) is 0 Å². The Morgan fingerprint density at radius 1 is 1.53 bits per heavy atom. The molecule has 0 bridgehead atoms. The molecule has 0 radical (unpaired) electrons. The van der Waals surface area contributed by atoms with E-state index in [1.165, 1.54) is 25.0 Å². The first-order valence-corrected chi connectivity index (χ1v) is 7.34. The molecular weight excluding hydrogens is 240 g/mol. The van der Waals surface area contributed by atoms with Crippen molar-refractivity contribution in [3.05, 3.63) is 18.0 Å². The molecule has 19 heavy (non-hydrogen) atoms.